The molecule has 0 spiro atoms. The second-order valence-corrected chi connectivity index (χ2v) is 4.53. The fourth-order valence-corrected chi connectivity index (χ4v) is 2.75. The van der Waals surface area contributed by atoms with Crippen molar-refractivity contribution in [3.05, 3.63) is 10.9 Å². The highest BCUT2D eigenvalue weighted by atomic mass is 32.1. The molecule has 0 amide bonds. The van der Waals surface area contributed by atoms with Gasteiger partial charge in [-0.1, -0.05) is 0 Å². The number of nitrogens with two attached hydrogens (primary N) is 1. The van der Waals surface area contributed by atoms with Crippen LogP contribution in [0, 0.1) is 6.92 Å². The topological polar surface area (TPSA) is 55.0 Å². The number of fused-ring (bicyclic) bond motifs is 1. The molecule has 86 valence electrons. The summed E-state index contributed by atoms with van der Waals surface area (Å²) in [5.74, 6) is 1.32. The number of aryl methyl sites for hydroxylation is 1. The van der Waals surface area contributed by atoms with Crippen LogP contribution in [0.25, 0.3) is 10.2 Å². The van der Waals surface area contributed by atoms with Gasteiger partial charge in [-0.05, 0) is 31.7 Å². The highest BCUT2D eigenvalue weighted by Gasteiger charge is 2.14. The van der Waals surface area contributed by atoms with Gasteiger partial charge < -0.3 is 10.6 Å². The molecule has 2 aromatic heterocycles. The molecular weight excluding hydrogens is 220 g/mol. The summed E-state index contributed by atoms with van der Waals surface area (Å²) in [6, 6.07) is 0. The van der Waals surface area contributed by atoms with Crippen molar-refractivity contribution in [1.82, 2.24) is 9.97 Å². The molecule has 0 aromatic carbocycles. The zero-order valence-corrected chi connectivity index (χ0v) is 10.6. The maximum atomic E-state index is 5.74. The van der Waals surface area contributed by atoms with Crippen LogP contribution in [0.1, 0.15) is 19.4 Å². The van der Waals surface area contributed by atoms with Crippen LogP contribution in [0.2, 0.25) is 0 Å². The number of hydrogen-bond donors (Lipinski definition) is 1. The molecule has 0 atom stereocenters. The Morgan fingerprint density at radius 3 is 2.62 bits per heavy atom. The highest BCUT2D eigenvalue weighted by Crippen LogP contribution is 2.31. The molecule has 0 aliphatic rings. The van der Waals surface area contributed by atoms with Gasteiger partial charge in [0.25, 0.3) is 0 Å². The summed E-state index contributed by atoms with van der Waals surface area (Å²) in [5, 5.41) is 3.24. The van der Waals surface area contributed by atoms with E-state index < -0.39 is 0 Å². The van der Waals surface area contributed by atoms with Gasteiger partial charge >= 0.3 is 0 Å². The van der Waals surface area contributed by atoms with Gasteiger partial charge in [-0.25, -0.2) is 4.98 Å². The van der Waals surface area contributed by atoms with Gasteiger partial charge in [0, 0.05) is 13.1 Å². The maximum absolute atomic E-state index is 5.74. The number of rotatable bonds is 3. The fraction of sp³-hybridized carbons (Fsp3) is 0.455. The third-order valence-electron chi connectivity index (χ3n) is 2.68. The quantitative estimate of drug-likeness (QED) is 0.889. The Morgan fingerprint density at radius 1 is 1.31 bits per heavy atom. The molecule has 0 saturated heterocycles. The molecule has 2 heterocycles. The average molecular weight is 236 g/mol. The van der Waals surface area contributed by atoms with Gasteiger partial charge in [-0.2, -0.15) is 4.98 Å². The van der Waals surface area contributed by atoms with Crippen LogP contribution in [0.3, 0.4) is 0 Å². The van der Waals surface area contributed by atoms with E-state index in [0.717, 1.165) is 29.1 Å². The predicted molar refractivity (Wildman–Crippen MR) is 70.1 cm³/mol. The van der Waals surface area contributed by atoms with E-state index in [2.05, 4.69) is 41.0 Å². The fourth-order valence-electron chi connectivity index (χ4n) is 1.83. The summed E-state index contributed by atoms with van der Waals surface area (Å²) in [4.78, 5) is 11.8. The Hall–Kier alpha value is -1.36. The first-order valence-electron chi connectivity index (χ1n) is 5.43. The third kappa shape index (κ3) is 1.71. The summed E-state index contributed by atoms with van der Waals surface area (Å²) in [5.41, 5.74) is 6.96. The second kappa shape index (κ2) is 4.25. The molecule has 0 aliphatic carbocycles. The highest BCUT2D eigenvalue weighted by molar-refractivity contribution is 7.17. The van der Waals surface area contributed by atoms with Crippen molar-refractivity contribution in [3.8, 4) is 0 Å². The molecular formula is C11H16N4S. The Bertz CT molecular complexity index is 502. The first-order chi connectivity index (χ1) is 7.67. The van der Waals surface area contributed by atoms with Crippen molar-refractivity contribution in [2.24, 2.45) is 0 Å². The van der Waals surface area contributed by atoms with Gasteiger partial charge in [-0.3, -0.25) is 0 Å². The van der Waals surface area contributed by atoms with Crippen LogP contribution in [-0.2, 0) is 0 Å². The Balaban J connectivity index is 2.70. The smallest absolute Gasteiger partial charge is 0.223 e. The molecule has 0 aliphatic heterocycles. The molecule has 16 heavy (non-hydrogen) atoms. The number of nitrogens with zero attached hydrogens (tertiary/aromatic N) is 3. The van der Waals surface area contributed by atoms with Crippen LogP contribution >= 0.6 is 11.3 Å². The lowest BCUT2D eigenvalue weighted by Crippen LogP contribution is -2.23. The van der Waals surface area contributed by atoms with Gasteiger partial charge in [-0.15, -0.1) is 11.3 Å². The Morgan fingerprint density at radius 2 is 2.00 bits per heavy atom. The normalized spacial score (nSPS) is 10.9. The molecule has 0 bridgehead atoms. The number of nitrogen functional groups attached to an aromatic ring is 1. The number of hydrogen-bond acceptors (Lipinski definition) is 5. The van der Waals surface area contributed by atoms with Crippen molar-refractivity contribution < 1.29 is 0 Å². The van der Waals surface area contributed by atoms with Crippen molar-refractivity contribution >= 4 is 33.3 Å². The average Bonchev–Trinajstić information content (AvgIpc) is 2.61. The van der Waals surface area contributed by atoms with E-state index in [1.165, 1.54) is 5.56 Å². The number of thiophene rings is 1. The maximum Gasteiger partial charge on any atom is 0.223 e. The van der Waals surface area contributed by atoms with Gasteiger partial charge in [0.05, 0.1) is 5.39 Å². The third-order valence-corrected chi connectivity index (χ3v) is 3.67. The van der Waals surface area contributed by atoms with E-state index in [0.29, 0.717) is 5.95 Å². The molecule has 2 aromatic rings. The lowest BCUT2D eigenvalue weighted by molar-refractivity contribution is 0.850. The van der Waals surface area contributed by atoms with E-state index in [-0.39, 0.29) is 0 Å². The minimum Gasteiger partial charge on any atom is -0.368 e. The molecule has 2 N–H and O–H groups in total. The molecule has 0 radical (unpaired) electrons. The monoisotopic (exact) mass is 236 g/mol. The van der Waals surface area contributed by atoms with Crippen LogP contribution in [0.5, 0.6) is 0 Å². The van der Waals surface area contributed by atoms with Crippen molar-refractivity contribution in [1.29, 1.82) is 0 Å². The Kier molecular flexibility index (Phi) is 2.96. The summed E-state index contributed by atoms with van der Waals surface area (Å²) in [6.07, 6.45) is 0. The largest absolute Gasteiger partial charge is 0.368 e. The standard InChI is InChI=1S/C11H16N4S/c1-4-15(5-2)9-8-7(3)6-16-10(8)14-11(12)13-9/h6H,4-5H2,1-3H3,(H2,12,13,14). The summed E-state index contributed by atoms with van der Waals surface area (Å²) in [6.45, 7) is 8.19. The van der Waals surface area contributed by atoms with Crippen LogP contribution in [0.4, 0.5) is 11.8 Å². The zero-order chi connectivity index (χ0) is 11.7. The van der Waals surface area contributed by atoms with E-state index >= 15 is 0 Å². The molecule has 0 fully saturated rings. The first-order valence-corrected chi connectivity index (χ1v) is 6.31. The molecule has 0 saturated carbocycles. The van der Waals surface area contributed by atoms with E-state index in [1.807, 2.05) is 0 Å². The van der Waals surface area contributed by atoms with Crippen molar-refractivity contribution in [2.45, 2.75) is 20.8 Å². The molecule has 0 unspecified atom stereocenters. The second-order valence-electron chi connectivity index (χ2n) is 3.68. The van der Waals surface area contributed by atoms with Crippen molar-refractivity contribution in [3.63, 3.8) is 0 Å². The SMILES string of the molecule is CCN(CC)c1nc(N)nc2scc(C)c12. The van der Waals surface area contributed by atoms with E-state index in [1.54, 1.807) is 11.3 Å². The zero-order valence-electron chi connectivity index (χ0n) is 9.82. The first kappa shape index (κ1) is 11.1. The van der Waals surface area contributed by atoms with Crippen LogP contribution < -0.4 is 10.6 Å². The lowest BCUT2D eigenvalue weighted by Gasteiger charge is -2.21. The van der Waals surface area contributed by atoms with Crippen LogP contribution in [-0.4, -0.2) is 23.1 Å². The van der Waals surface area contributed by atoms with E-state index in [4.69, 9.17) is 5.73 Å². The summed E-state index contributed by atoms with van der Waals surface area (Å²) >= 11 is 1.62. The van der Waals surface area contributed by atoms with Crippen LogP contribution in [0.15, 0.2) is 5.38 Å². The number of aromatic nitrogens is 2. The van der Waals surface area contributed by atoms with E-state index in [9.17, 15) is 0 Å². The molecule has 2 rings (SSSR count). The summed E-state index contributed by atoms with van der Waals surface area (Å²) < 4.78 is 0. The van der Waals surface area contributed by atoms with Gasteiger partial charge in [0.2, 0.25) is 5.95 Å². The Labute approximate surface area is 99.1 Å². The minimum absolute atomic E-state index is 0.358. The number of anilines is 2. The summed E-state index contributed by atoms with van der Waals surface area (Å²) in [7, 11) is 0. The molecule has 4 nitrogen and oxygen atoms in total. The van der Waals surface area contributed by atoms with Gasteiger partial charge in [0.15, 0.2) is 0 Å². The van der Waals surface area contributed by atoms with Crippen molar-refractivity contribution in [2.75, 3.05) is 23.7 Å². The molecule has 5 heteroatoms. The lowest BCUT2D eigenvalue weighted by atomic mass is 10.2. The predicted octanol–water partition coefficient (Wildman–Crippen LogP) is 2.43. The minimum atomic E-state index is 0.358. The van der Waals surface area contributed by atoms with Gasteiger partial charge in [0.1, 0.15) is 10.6 Å².